The lowest BCUT2D eigenvalue weighted by atomic mass is 9.88. The van der Waals surface area contributed by atoms with Crippen molar-refractivity contribution in [3.05, 3.63) is 21.6 Å². The van der Waals surface area contributed by atoms with Crippen LogP contribution in [0.25, 0.3) is 0 Å². The summed E-state index contributed by atoms with van der Waals surface area (Å²) in [6, 6.07) is 1.68. The van der Waals surface area contributed by atoms with E-state index in [4.69, 9.17) is 4.74 Å². The first kappa shape index (κ1) is 13.0. The lowest BCUT2D eigenvalue weighted by Gasteiger charge is -2.34. The van der Waals surface area contributed by atoms with E-state index in [9.17, 15) is 4.39 Å². The van der Waals surface area contributed by atoms with Crippen LogP contribution in [0.4, 0.5) is 4.39 Å². The fourth-order valence-corrected chi connectivity index (χ4v) is 3.55. The Bertz CT molecular complexity index is 374. The molecule has 0 fully saturated rings. The number of hydrogen-bond donors (Lipinski definition) is 0. The molecule has 0 N–H and O–H groups in total. The van der Waals surface area contributed by atoms with Crippen LogP contribution in [0.3, 0.4) is 0 Å². The zero-order valence-corrected chi connectivity index (χ0v) is 11.5. The Labute approximate surface area is 107 Å². The Hall–Kier alpha value is -0.410. The quantitative estimate of drug-likeness (QED) is 0.697. The molecule has 0 saturated carbocycles. The van der Waals surface area contributed by atoms with Crippen LogP contribution in [0.2, 0.25) is 0 Å². The largest absolute Gasteiger partial charge is 0.370 e. The fraction of sp³-hybridized carbons (Fsp3) is 0.714. The van der Waals surface area contributed by atoms with E-state index in [0.717, 1.165) is 25.0 Å². The molecule has 1 nitrogen and oxygen atoms in total. The van der Waals surface area contributed by atoms with Crippen LogP contribution in [0.15, 0.2) is 6.07 Å². The Kier molecular flexibility index (Phi) is 4.21. The van der Waals surface area contributed by atoms with E-state index in [0.29, 0.717) is 0 Å². The molecule has 3 heteroatoms. The van der Waals surface area contributed by atoms with Crippen molar-refractivity contribution in [2.45, 2.75) is 58.0 Å². The lowest BCUT2D eigenvalue weighted by molar-refractivity contribution is -0.0528. The SMILES string of the molecule is CCCCCCC1(C)OCCc2sc(F)cc21. The lowest BCUT2D eigenvalue weighted by Crippen LogP contribution is -2.31. The van der Waals surface area contributed by atoms with Gasteiger partial charge in [0.2, 0.25) is 0 Å². The minimum Gasteiger partial charge on any atom is -0.370 e. The average molecular weight is 256 g/mol. The second kappa shape index (κ2) is 5.49. The van der Waals surface area contributed by atoms with Gasteiger partial charge in [0.1, 0.15) is 0 Å². The molecule has 17 heavy (non-hydrogen) atoms. The van der Waals surface area contributed by atoms with Crippen LogP contribution in [0, 0.1) is 5.13 Å². The van der Waals surface area contributed by atoms with Crippen molar-refractivity contribution in [1.82, 2.24) is 0 Å². The molecule has 96 valence electrons. The van der Waals surface area contributed by atoms with Gasteiger partial charge in [-0.2, -0.15) is 4.39 Å². The maximum atomic E-state index is 13.3. The van der Waals surface area contributed by atoms with Crippen molar-refractivity contribution in [1.29, 1.82) is 0 Å². The summed E-state index contributed by atoms with van der Waals surface area (Å²) in [5.74, 6) is 0. The number of ether oxygens (including phenoxy) is 1. The molecule has 0 amide bonds. The number of thiophene rings is 1. The van der Waals surface area contributed by atoms with Gasteiger partial charge in [-0.3, -0.25) is 0 Å². The predicted octanol–water partition coefficient (Wildman–Crippen LogP) is 4.65. The summed E-state index contributed by atoms with van der Waals surface area (Å²) in [5, 5.41) is -0.0692. The summed E-state index contributed by atoms with van der Waals surface area (Å²) < 4.78 is 19.3. The molecule has 1 aliphatic heterocycles. The molecule has 2 heterocycles. The number of halogens is 1. The van der Waals surface area contributed by atoms with Crippen molar-refractivity contribution in [3.63, 3.8) is 0 Å². The zero-order chi connectivity index (χ0) is 12.3. The molecule has 1 aromatic rings. The summed E-state index contributed by atoms with van der Waals surface area (Å²) in [6.07, 6.45) is 6.82. The van der Waals surface area contributed by atoms with E-state index in [1.54, 1.807) is 6.07 Å². The van der Waals surface area contributed by atoms with Gasteiger partial charge in [0.15, 0.2) is 5.13 Å². The molecule has 2 rings (SSSR count). The normalized spacial score (nSPS) is 23.7. The van der Waals surface area contributed by atoms with Crippen LogP contribution in [0.5, 0.6) is 0 Å². The molecular formula is C14H21FOS. The fourth-order valence-electron chi connectivity index (χ4n) is 2.57. The van der Waals surface area contributed by atoms with Crippen molar-refractivity contribution in [2.75, 3.05) is 6.61 Å². The summed E-state index contributed by atoms with van der Waals surface area (Å²) >= 11 is 1.29. The van der Waals surface area contributed by atoms with Crippen LogP contribution in [0.1, 0.15) is 56.4 Å². The van der Waals surface area contributed by atoms with Crippen molar-refractivity contribution in [2.24, 2.45) is 0 Å². The second-order valence-corrected chi connectivity index (χ2v) is 6.11. The topological polar surface area (TPSA) is 9.23 Å². The maximum Gasteiger partial charge on any atom is 0.177 e. The smallest absolute Gasteiger partial charge is 0.177 e. The third-order valence-electron chi connectivity index (χ3n) is 3.61. The summed E-state index contributed by atoms with van der Waals surface area (Å²) in [5.41, 5.74) is 0.852. The molecule has 1 aromatic heterocycles. The number of hydrogen-bond acceptors (Lipinski definition) is 2. The van der Waals surface area contributed by atoms with Crippen molar-refractivity contribution >= 4 is 11.3 Å². The highest BCUT2D eigenvalue weighted by atomic mass is 32.1. The highest BCUT2D eigenvalue weighted by Gasteiger charge is 2.34. The molecule has 0 radical (unpaired) electrons. The van der Waals surface area contributed by atoms with Gasteiger partial charge in [-0.15, -0.1) is 11.3 Å². The number of rotatable bonds is 5. The maximum absolute atomic E-state index is 13.3. The van der Waals surface area contributed by atoms with E-state index in [-0.39, 0.29) is 10.7 Å². The summed E-state index contributed by atoms with van der Waals surface area (Å²) in [6.45, 7) is 5.06. The molecule has 0 bridgehead atoms. The Morgan fingerprint density at radius 2 is 2.24 bits per heavy atom. The molecule has 1 unspecified atom stereocenters. The molecule has 0 aliphatic carbocycles. The van der Waals surface area contributed by atoms with Gasteiger partial charge in [0.25, 0.3) is 0 Å². The molecule has 1 atom stereocenters. The zero-order valence-electron chi connectivity index (χ0n) is 10.7. The Morgan fingerprint density at radius 3 is 3.00 bits per heavy atom. The number of fused-ring (bicyclic) bond motifs is 1. The molecular weight excluding hydrogens is 235 g/mol. The highest BCUT2D eigenvalue weighted by molar-refractivity contribution is 7.10. The van der Waals surface area contributed by atoms with Gasteiger partial charge in [-0.25, -0.2) is 0 Å². The van der Waals surface area contributed by atoms with E-state index in [2.05, 4.69) is 13.8 Å². The van der Waals surface area contributed by atoms with Crippen molar-refractivity contribution < 1.29 is 9.13 Å². The third kappa shape index (κ3) is 2.89. The van der Waals surface area contributed by atoms with Crippen molar-refractivity contribution in [3.8, 4) is 0 Å². The molecule has 0 aromatic carbocycles. The molecule has 1 aliphatic rings. The minimum absolute atomic E-state index is 0.0692. The molecule has 0 spiro atoms. The van der Waals surface area contributed by atoms with Gasteiger partial charge in [0, 0.05) is 16.9 Å². The third-order valence-corrected chi connectivity index (χ3v) is 4.59. The van der Waals surface area contributed by atoms with Crippen LogP contribution in [-0.4, -0.2) is 6.61 Å². The first-order valence-corrected chi connectivity index (χ1v) is 7.40. The standard InChI is InChI=1S/C14H21FOS/c1-3-4-5-6-8-14(2)11-10-13(15)17-12(11)7-9-16-14/h10H,3-9H2,1-2H3. The van der Waals surface area contributed by atoms with Crippen LogP contribution >= 0.6 is 11.3 Å². The predicted molar refractivity (Wildman–Crippen MR) is 70.0 cm³/mol. The monoisotopic (exact) mass is 256 g/mol. The number of unbranched alkanes of at least 4 members (excludes halogenated alkanes) is 3. The van der Waals surface area contributed by atoms with E-state index in [1.165, 1.54) is 41.9 Å². The summed E-state index contributed by atoms with van der Waals surface area (Å²) in [7, 11) is 0. The Balaban J connectivity index is 2.04. The summed E-state index contributed by atoms with van der Waals surface area (Å²) in [4.78, 5) is 1.19. The first-order valence-electron chi connectivity index (χ1n) is 6.58. The average Bonchev–Trinajstić information content (AvgIpc) is 2.67. The van der Waals surface area contributed by atoms with Gasteiger partial charge in [-0.1, -0.05) is 32.6 Å². The van der Waals surface area contributed by atoms with Gasteiger partial charge in [-0.05, 0) is 19.4 Å². The van der Waals surface area contributed by atoms with Crippen LogP contribution in [-0.2, 0) is 16.8 Å². The van der Waals surface area contributed by atoms with E-state index in [1.807, 2.05) is 0 Å². The van der Waals surface area contributed by atoms with Gasteiger partial charge >= 0.3 is 0 Å². The van der Waals surface area contributed by atoms with E-state index < -0.39 is 0 Å². The van der Waals surface area contributed by atoms with Gasteiger partial charge < -0.3 is 4.74 Å². The van der Waals surface area contributed by atoms with Gasteiger partial charge in [0.05, 0.1) is 12.2 Å². The van der Waals surface area contributed by atoms with Crippen LogP contribution < -0.4 is 0 Å². The first-order chi connectivity index (χ1) is 8.15. The van der Waals surface area contributed by atoms with E-state index >= 15 is 0 Å². The minimum atomic E-state index is -0.248. The Morgan fingerprint density at radius 1 is 1.41 bits per heavy atom. The second-order valence-electron chi connectivity index (χ2n) is 5.03. The highest BCUT2D eigenvalue weighted by Crippen LogP contribution is 2.40. The molecule has 0 saturated heterocycles.